The third kappa shape index (κ3) is 5.88. The molecule has 2 aromatic carbocycles. The van der Waals surface area contributed by atoms with Crippen molar-refractivity contribution in [3.63, 3.8) is 0 Å². The fraction of sp³-hybridized carbons (Fsp3) is 0.238. The minimum Gasteiger partial charge on any atom is -0.488 e. The van der Waals surface area contributed by atoms with E-state index < -0.39 is 0 Å². The van der Waals surface area contributed by atoms with Crippen molar-refractivity contribution in [2.45, 2.75) is 33.4 Å². The topological polar surface area (TPSA) is 62.1 Å². The minimum atomic E-state index is -0.364. The molecule has 2 rings (SSSR count). The molecule has 5 heteroatoms. The van der Waals surface area contributed by atoms with Crippen molar-refractivity contribution in [1.29, 1.82) is 5.26 Å². The average molecular weight is 460 g/mol. The van der Waals surface area contributed by atoms with E-state index in [9.17, 15) is 10.1 Å². The van der Waals surface area contributed by atoms with E-state index in [1.807, 2.05) is 50.2 Å². The molecular formula is C21H21IN2O2. The summed E-state index contributed by atoms with van der Waals surface area (Å²) in [6.07, 6.45) is 1.59. The average Bonchev–Trinajstić information content (AvgIpc) is 2.58. The maximum atomic E-state index is 12.0. The molecule has 0 fully saturated rings. The van der Waals surface area contributed by atoms with Crippen LogP contribution in [0.5, 0.6) is 5.75 Å². The van der Waals surface area contributed by atoms with E-state index >= 15 is 0 Å². The summed E-state index contributed by atoms with van der Waals surface area (Å²) in [6.45, 7) is 6.26. The Hall–Kier alpha value is -2.33. The van der Waals surface area contributed by atoms with Gasteiger partial charge in [-0.2, -0.15) is 5.26 Å². The quantitative estimate of drug-likeness (QED) is 0.389. The third-order valence-corrected chi connectivity index (χ3v) is 4.37. The predicted molar refractivity (Wildman–Crippen MR) is 112 cm³/mol. The second-order valence-corrected chi connectivity index (χ2v) is 7.43. The van der Waals surface area contributed by atoms with Crippen LogP contribution < -0.4 is 10.1 Å². The number of aryl methyl sites for hydroxylation is 1. The Kier molecular flexibility index (Phi) is 7.22. The molecule has 0 radical (unpaired) electrons. The standard InChI is InChI=1S/C21H21IN2O2/c1-14(2)24-21(25)18(12-23)10-16-7-8-20(19(22)11-16)26-13-17-6-4-5-15(3)9-17/h4-11,14H,13H2,1-3H3,(H,24,25)/b18-10-. The molecule has 0 saturated carbocycles. The number of nitrogens with one attached hydrogen (secondary N) is 1. The fourth-order valence-corrected chi connectivity index (χ4v) is 3.04. The van der Waals surface area contributed by atoms with Crippen molar-refractivity contribution in [2.75, 3.05) is 0 Å². The summed E-state index contributed by atoms with van der Waals surface area (Å²) in [6, 6.07) is 15.7. The van der Waals surface area contributed by atoms with E-state index in [0.717, 1.165) is 20.4 Å². The molecule has 0 unspecified atom stereocenters. The number of hydrogen-bond donors (Lipinski definition) is 1. The highest BCUT2D eigenvalue weighted by Crippen LogP contribution is 2.24. The van der Waals surface area contributed by atoms with Crippen LogP contribution in [-0.2, 0) is 11.4 Å². The highest BCUT2D eigenvalue weighted by Gasteiger charge is 2.11. The van der Waals surface area contributed by atoms with Crippen LogP contribution in [0.2, 0.25) is 0 Å². The monoisotopic (exact) mass is 460 g/mol. The number of rotatable bonds is 6. The van der Waals surface area contributed by atoms with Crippen LogP contribution in [0, 0.1) is 21.8 Å². The molecule has 1 N–H and O–H groups in total. The fourth-order valence-electron chi connectivity index (χ4n) is 2.34. The molecule has 0 aliphatic rings. The molecule has 134 valence electrons. The molecule has 0 atom stereocenters. The number of nitrogens with zero attached hydrogens (tertiary/aromatic N) is 1. The van der Waals surface area contributed by atoms with Crippen LogP contribution in [0.3, 0.4) is 0 Å². The summed E-state index contributed by atoms with van der Waals surface area (Å²) >= 11 is 2.19. The number of benzene rings is 2. The van der Waals surface area contributed by atoms with Crippen molar-refractivity contribution in [3.8, 4) is 11.8 Å². The van der Waals surface area contributed by atoms with Crippen LogP contribution in [0.15, 0.2) is 48.0 Å². The normalized spacial score (nSPS) is 11.2. The van der Waals surface area contributed by atoms with E-state index in [0.29, 0.717) is 6.61 Å². The number of halogens is 1. The Balaban J connectivity index is 2.12. The van der Waals surface area contributed by atoms with Crippen molar-refractivity contribution in [3.05, 3.63) is 68.3 Å². The van der Waals surface area contributed by atoms with E-state index in [2.05, 4.69) is 47.0 Å². The van der Waals surface area contributed by atoms with Gasteiger partial charge in [-0.05, 0) is 72.7 Å². The smallest absolute Gasteiger partial charge is 0.262 e. The number of nitriles is 1. The van der Waals surface area contributed by atoms with Gasteiger partial charge in [0.1, 0.15) is 24.0 Å². The van der Waals surface area contributed by atoms with Gasteiger partial charge in [-0.1, -0.05) is 35.9 Å². The Labute approximate surface area is 168 Å². The van der Waals surface area contributed by atoms with Gasteiger partial charge in [-0.3, -0.25) is 4.79 Å². The van der Waals surface area contributed by atoms with E-state index in [1.165, 1.54) is 5.56 Å². The Morgan fingerprint density at radius 2 is 2.08 bits per heavy atom. The van der Waals surface area contributed by atoms with Crippen LogP contribution in [0.25, 0.3) is 6.08 Å². The zero-order valence-electron chi connectivity index (χ0n) is 15.0. The number of ether oxygens (including phenoxy) is 1. The Morgan fingerprint density at radius 3 is 2.69 bits per heavy atom. The lowest BCUT2D eigenvalue weighted by Crippen LogP contribution is -2.30. The Morgan fingerprint density at radius 1 is 1.31 bits per heavy atom. The summed E-state index contributed by atoms with van der Waals surface area (Å²) in [5.41, 5.74) is 3.18. The number of carbonyl (C=O) groups is 1. The SMILES string of the molecule is Cc1cccc(COc2ccc(/C=C(/C#N)C(=O)NC(C)C)cc2I)c1. The molecule has 0 aliphatic carbocycles. The van der Waals surface area contributed by atoms with Gasteiger partial charge in [-0.15, -0.1) is 0 Å². The summed E-state index contributed by atoms with van der Waals surface area (Å²) in [5, 5.41) is 11.9. The van der Waals surface area contributed by atoms with Crippen molar-refractivity contribution < 1.29 is 9.53 Å². The number of carbonyl (C=O) groups excluding carboxylic acids is 1. The summed E-state index contributed by atoms with van der Waals surface area (Å²) in [7, 11) is 0. The second-order valence-electron chi connectivity index (χ2n) is 6.27. The van der Waals surface area contributed by atoms with Gasteiger partial charge in [0.2, 0.25) is 0 Å². The minimum absolute atomic E-state index is 0.0169. The number of amides is 1. The molecular weight excluding hydrogens is 439 g/mol. The maximum absolute atomic E-state index is 12.0. The maximum Gasteiger partial charge on any atom is 0.262 e. The Bertz CT molecular complexity index is 867. The van der Waals surface area contributed by atoms with Gasteiger partial charge in [0.25, 0.3) is 5.91 Å². The van der Waals surface area contributed by atoms with Gasteiger partial charge in [0.05, 0.1) is 3.57 Å². The zero-order chi connectivity index (χ0) is 19.1. The summed E-state index contributed by atoms with van der Waals surface area (Å²) in [4.78, 5) is 12.0. The molecule has 0 spiro atoms. The molecule has 0 aliphatic heterocycles. The van der Waals surface area contributed by atoms with Gasteiger partial charge in [0.15, 0.2) is 0 Å². The molecule has 26 heavy (non-hydrogen) atoms. The van der Waals surface area contributed by atoms with Crippen LogP contribution in [0.1, 0.15) is 30.5 Å². The first-order chi connectivity index (χ1) is 12.4. The predicted octanol–water partition coefficient (Wildman–Crippen LogP) is 4.61. The van der Waals surface area contributed by atoms with Crippen molar-refractivity contribution in [1.82, 2.24) is 5.32 Å². The van der Waals surface area contributed by atoms with E-state index in [-0.39, 0.29) is 17.5 Å². The summed E-state index contributed by atoms with van der Waals surface area (Å²) < 4.78 is 6.81. The lowest BCUT2D eigenvalue weighted by Gasteiger charge is -2.10. The van der Waals surface area contributed by atoms with Gasteiger partial charge in [0, 0.05) is 6.04 Å². The zero-order valence-corrected chi connectivity index (χ0v) is 17.2. The lowest BCUT2D eigenvalue weighted by molar-refractivity contribution is -0.117. The molecule has 0 saturated heterocycles. The van der Waals surface area contributed by atoms with Crippen LogP contribution >= 0.6 is 22.6 Å². The molecule has 4 nitrogen and oxygen atoms in total. The summed E-state index contributed by atoms with van der Waals surface area (Å²) in [5.74, 6) is 0.409. The largest absolute Gasteiger partial charge is 0.488 e. The molecule has 1 amide bonds. The number of hydrogen-bond acceptors (Lipinski definition) is 3. The highest BCUT2D eigenvalue weighted by atomic mass is 127. The highest BCUT2D eigenvalue weighted by molar-refractivity contribution is 14.1. The van der Waals surface area contributed by atoms with Crippen molar-refractivity contribution in [2.24, 2.45) is 0 Å². The first-order valence-electron chi connectivity index (χ1n) is 8.29. The van der Waals surface area contributed by atoms with Gasteiger partial charge >= 0.3 is 0 Å². The second kappa shape index (κ2) is 9.39. The lowest BCUT2D eigenvalue weighted by atomic mass is 10.1. The molecule has 0 heterocycles. The van der Waals surface area contributed by atoms with Crippen LogP contribution in [0.4, 0.5) is 0 Å². The molecule has 0 bridgehead atoms. The third-order valence-electron chi connectivity index (χ3n) is 3.53. The van der Waals surface area contributed by atoms with Gasteiger partial charge < -0.3 is 10.1 Å². The first-order valence-corrected chi connectivity index (χ1v) is 9.37. The first kappa shape index (κ1) is 20.0. The van der Waals surface area contributed by atoms with Gasteiger partial charge in [-0.25, -0.2) is 0 Å². The van der Waals surface area contributed by atoms with Crippen LogP contribution in [-0.4, -0.2) is 11.9 Å². The molecule has 0 aromatic heterocycles. The van der Waals surface area contributed by atoms with Crippen molar-refractivity contribution >= 4 is 34.6 Å². The van der Waals surface area contributed by atoms with E-state index in [1.54, 1.807) is 6.08 Å². The molecule has 2 aromatic rings. The van der Waals surface area contributed by atoms with E-state index in [4.69, 9.17) is 4.74 Å².